The van der Waals surface area contributed by atoms with Crippen molar-refractivity contribution in [3.05, 3.63) is 0 Å². The lowest BCUT2D eigenvalue weighted by Crippen LogP contribution is -2.45. The first kappa shape index (κ1) is 15.1. The van der Waals surface area contributed by atoms with Crippen LogP contribution in [0, 0.1) is 0 Å². The number of rotatable bonds is 6. The standard InChI is InChI=1S/C12H22N2O3S/c1-18-12(6-3-2-4-7-12)9-14-11(17)13-8-5-10(15)16/h2-9H2,1H3,(H,15,16)(H2,13,14,17). The van der Waals surface area contributed by atoms with Gasteiger partial charge < -0.3 is 15.7 Å². The fraction of sp³-hybridized carbons (Fsp3) is 0.833. The number of hydrogen-bond acceptors (Lipinski definition) is 3. The zero-order valence-electron chi connectivity index (χ0n) is 10.8. The third kappa shape index (κ3) is 5.16. The van der Waals surface area contributed by atoms with Crippen LogP contribution in [-0.4, -0.2) is 41.2 Å². The van der Waals surface area contributed by atoms with Crippen molar-refractivity contribution in [1.82, 2.24) is 10.6 Å². The minimum atomic E-state index is -0.900. The maximum absolute atomic E-state index is 11.5. The van der Waals surface area contributed by atoms with Gasteiger partial charge in [0.25, 0.3) is 0 Å². The molecule has 0 aromatic heterocycles. The third-order valence-corrected chi connectivity index (χ3v) is 4.81. The van der Waals surface area contributed by atoms with Crippen LogP contribution in [0.4, 0.5) is 4.79 Å². The Bertz CT molecular complexity index is 291. The van der Waals surface area contributed by atoms with Crippen molar-refractivity contribution in [1.29, 1.82) is 0 Å². The molecule has 1 aliphatic carbocycles. The Labute approximate surface area is 112 Å². The van der Waals surface area contributed by atoms with Crippen LogP contribution in [0.15, 0.2) is 0 Å². The van der Waals surface area contributed by atoms with Gasteiger partial charge in [-0.3, -0.25) is 4.79 Å². The molecule has 0 radical (unpaired) electrons. The van der Waals surface area contributed by atoms with Crippen LogP contribution < -0.4 is 10.6 Å². The Morgan fingerprint density at radius 2 is 1.89 bits per heavy atom. The van der Waals surface area contributed by atoms with E-state index >= 15 is 0 Å². The van der Waals surface area contributed by atoms with Crippen LogP contribution >= 0.6 is 11.8 Å². The molecule has 0 bridgehead atoms. The zero-order valence-corrected chi connectivity index (χ0v) is 11.6. The van der Waals surface area contributed by atoms with Crippen molar-refractivity contribution in [3.63, 3.8) is 0 Å². The highest BCUT2D eigenvalue weighted by Crippen LogP contribution is 2.37. The molecular weight excluding hydrogens is 252 g/mol. The van der Waals surface area contributed by atoms with E-state index in [4.69, 9.17) is 5.11 Å². The summed E-state index contributed by atoms with van der Waals surface area (Å²) in [4.78, 5) is 21.8. The van der Waals surface area contributed by atoms with Crippen molar-refractivity contribution in [2.75, 3.05) is 19.3 Å². The number of urea groups is 1. The van der Waals surface area contributed by atoms with Crippen LogP contribution in [0.3, 0.4) is 0 Å². The van der Waals surface area contributed by atoms with Crippen LogP contribution in [0.2, 0.25) is 0 Å². The summed E-state index contributed by atoms with van der Waals surface area (Å²) >= 11 is 1.83. The molecule has 0 saturated heterocycles. The normalized spacial score (nSPS) is 18.1. The van der Waals surface area contributed by atoms with Gasteiger partial charge in [0.05, 0.1) is 6.42 Å². The SMILES string of the molecule is CSC1(CNC(=O)NCCC(=O)O)CCCCC1. The summed E-state index contributed by atoms with van der Waals surface area (Å²) in [5, 5.41) is 13.9. The molecular formula is C12H22N2O3S. The number of aliphatic carboxylic acids is 1. The van der Waals surface area contributed by atoms with Crippen molar-refractivity contribution < 1.29 is 14.7 Å². The first-order chi connectivity index (χ1) is 8.58. The molecule has 3 N–H and O–H groups in total. The van der Waals surface area contributed by atoms with Gasteiger partial charge in [-0.15, -0.1) is 0 Å². The number of carboxylic acids is 1. The first-order valence-corrected chi connectivity index (χ1v) is 7.59. The Morgan fingerprint density at radius 1 is 1.22 bits per heavy atom. The van der Waals surface area contributed by atoms with Crippen LogP contribution in [0.1, 0.15) is 38.5 Å². The molecule has 0 aromatic rings. The number of carbonyl (C=O) groups is 2. The summed E-state index contributed by atoms with van der Waals surface area (Å²) < 4.78 is 0.169. The average molecular weight is 274 g/mol. The molecule has 18 heavy (non-hydrogen) atoms. The quantitative estimate of drug-likeness (QED) is 0.690. The molecule has 1 aliphatic rings. The van der Waals surface area contributed by atoms with Crippen LogP contribution in [0.25, 0.3) is 0 Å². The van der Waals surface area contributed by atoms with E-state index in [-0.39, 0.29) is 23.7 Å². The molecule has 0 unspecified atom stereocenters. The van der Waals surface area contributed by atoms with Gasteiger partial charge in [-0.2, -0.15) is 11.8 Å². The largest absolute Gasteiger partial charge is 0.481 e. The zero-order chi connectivity index (χ0) is 13.4. The molecule has 0 aromatic carbocycles. The highest BCUT2D eigenvalue weighted by Gasteiger charge is 2.31. The molecule has 1 rings (SSSR count). The average Bonchev–Trinajstić information content (AvgIpc) is 2.37. The lowest BCUT2D eigenvalue weighted by molar-refractivity contribution is -0.136. The molecule has 6 heteroatoms. The predicted octanol–water partition coefficient (Wildman–Crippen LogP) is 1.83. The molecule has 0 spiro atoms. The lowest BCUT2D eigenvalue weighted by atomic mass is 9.88. The minimum absolute atomic E-state index is 0.0406. The predicted molar refractivity (Wildman–Crippen MR) is 73.0 cm³/mol. The van der Waals surface area contributed by atoms with Crippen molar-refractivity contribution in [2.24, 2.45) is 0 Å². The fourth-order valence-corrected chi connectivity index (χ4v) is 3.15. The monoisotopic (exact) mass is 274 g/mol. The summed E-state index contributed by atoms with van der Waals surface area (Å²) in [6, 6.07) is -0.268. The van der Waals surface area contributed by atoms with E-state index in [0.717, 1.165) is 12.8 Å². The van der Waals surface area contributed by atoms with Gasteiger partial charge in [0.15, 0.2) is 0 Å². The Kier molecular flexibility index (Phi) is 6.32. The van der Waals surface area contributed by atoms with E-state index in [0.29, 0.717) is 6.54 Å². The number of nitrogens with one attached hydrogen (secondary N) is 2. The number of thioether (sulfide) groups is 1. The minimum Gasteiger partial charge on any atom is -0.481 e. The molecule has 104 valence electrons. The smallest absolute Gasteiger partial charge is 0.314 e. The van der Waals surface area contributed by atoms with E-state index < -0.39 is 5.97 Å². The van der Waals surface area contributed by atoms with Gasteiger partial charge in [0.1, 0.15) is 0 Å². The van der Waals surface area contributed by atoms with Gasteiger partial charge in [-0.1, -0.05) is 19.3 Å². The molecule has 1 saturated carbocycles. The van der Waals surface area contributed by atoms with E-state index in [2.05, 4.69) is 16.9 Å². The number of carbonyl (C=O) groups excluding carboxylic acids is 1. The Hall–Kier alpha value is -0.910. The number of hydrogen-bond donors (Lipinski definition) is 3. The molecule has 2 amide bonds. The van der Waals surface area contributed by atoms with E-state index in [1.807, 2.05) is 11.8 Å². The van der Waals surface area contributed by atoms with Gasteiger partial charge in [-0.25, -0.2) is 4.79 Å². The summed E-state index contributed by atoms with van der Waals surface area (Å²) in [5.41, 5.74) is 0. The van der Waals surface area contributed by atoms with Gasteiger partial charge in [0.2, 0.25) is 0 Å². The highest BCUT2D eigenvalue weighted by atomic mass is 32.2. The van der Waals surface area contributed by atoms with Crippen molar-refractivity contribution >= 4 is 23.8 Å². The Morgan fingerprint density at radius 3 is 2.44 bits per heavy atom. The summed E-state index contributed by atoms with van der Waals surface area (Å²) in [5.74, 6) is -0.900. The summed E-state index contributed by atoms with van der Waals surface area (Å²) in [6.07, 6.45) is 8.07. The fourth-order valence-electron chi connectivity index (χ4n) is 2.24. The lowest BCUT2D eigenvalue weighted by Gasteiger charge is -2.35. The maximum Gasteiger partial charge on any atom is 0.314 e. The van der Waals surface area contributed by atoms with E-state index in [1.54, 1.807) is 0 Å². The Balaban J connectivity index is 2.25. The topological polar surface area (TPSA) is 78.4 Å². The summed E-state index contributed by atoms with van der Waals surface area (Å²) in [6.45, 7) is 0.834. The second-order valence-corrected chi connectivity index (χ2v) is 5.98. The maximum atomic E-state index is 11.5. The summed E-state index contributed by atoms with van der Waals surface area (Å²) in [7, 11) is 0. The molecule has 5 nitrogen and oxygen atoms in total. The van der Waals surface area contributed by atoms with Gasteiger partial charge >= 0.3 is 12.0 Å². The first-order valence-electron chi connectivity index (χ1n) is 6.37. The second-order valence-electron chi connectivity index (χ2n) is 4.70. The number of carboxylic acid groups (broad SMARTS) is 1. The molecule has 1 fully saturated rings. The van der Waals surface area contributed by atoms with E-state index in [1.165, 1.54) is 19.3 Å². The molecule has 0 atom stereocenters. The molecule has 0 aliphatic heterocycles. The van der Waals surface area contributed by atoms with Crippen molar-refractivity contribution in [3.8, 4) is 0 Å². The van der Waals surface area contributed by atoms with Gasteiger partial charge in [-0.05, 0) is 19.1 Å². The highest BCUT2D eigenvalue weighted by molar-refractivity contribution is 8.00. The molecule has 0 heterocycles. The van der Waals surface area contributed by atoms with E-state index in [9.17, 15) is 9.59 Å². The van der Waals surface area contributed by atoms with Crippen LogP contribution in [-0.2, 0) is 4.79 Å². The number of amides is 2. The second kappa shape index (κ2) is 7.51. The third-order valence-electron chi connectivity index (χ3n) is 3.39. The van der Waals surface area contributed by atoms with Crippen LogP contribution in [0.5, 0.6) is 0 Å². The van der Waals surface area contributed by atoms with Gasteiger partial charge in [0, 0.05) is 17.8 Å². The van der Waals surface area contributed by atoms with Crippen molar-refractivity contribution in [2.45, 2.75) is 43.3 Å².